The van der Waals surface area contributed by atoms with Gasteiger partial charge in [-0.2, -0.15) is 0 Å². The first-order valence-corrected chi connectivity index (χ1v) is 5.79. The van der Waals surface area contributed by atoms with Crippen LogP contribution in [-0.4, -0.2) is 29.3 Å². The van der Waals surface area contributed by atoms with Crippen LogP contribution in [0.25, 0.3) is 0 Å². The zero-order valence-electron chi connectivity index (χ0n) is 9.23. The maximum Gasteiger partial charge on any atom is 0.152 e. The minimum atomic E-state index is 0.107. The molecule has 2 rings (SSSR count). The highest BCUT2D eigenvalue weighted by Crippen LogP contribution is 2.32. The third kappa shape index (κ3) is 1.95. The number of nitrogens with two attached hydrogens (primary N) is 1. The Morgan fingerprint density at radius 1 is 1.69 bits per heavy atom. The molecule has 0 aromatic carbocycles. The highest BCUT2D eigenvalue weighted by molar-refractivity contribution is 6.30. The highest BCUT2D eigenvalue weighted by atomic mass is 35.5. The monoisotopic (exact) mass is 241 g/mol. The lowest BCUT2D eigenvalue weighted by Crippen LogP contribution is -2.36. The van der Waals surface area contributed by atoms with E-state index in [0.717, 1.165) is 18.8 Å². The molecule has 16 heavy (non-hydrogen) atoms. The molecule has 1 fully saturated rings. The van der Waals surface area contributed by atoms with Crippen LogP contribution in [0.5, 0.6) is 0 Å². The van der Waals surface area contributed by atoms with Gasteiger partial charge in [-0.3, -0.25) is 0 Å². The molecule has 4 nitrogen and oxygen atoms in total. The molecule has 1 aliphatic heterocycles. The second kappa shape index (κ2) is 4.47. The molecule has 3 N–H and O–H groups in total. The van der Waals surface area contributed by atoms with Crippen LogP contribution in [0.15, 0.2) is 12.3 Å². The van der Waals surface area contributed by atoms with E-state index in [1.807, 2.05) is 0 Å². The fourth-order valence-corrected chi connectivity index (χ4v) is 2.40. The first kappa shape index (κ1) is 11.5. The van der Waals surface area contributed by atoms with Gasteiger partial charge in [0.1, 0.15) is 0 Å². The summed E-state index contributed by atoms with van der Waals surface area (Å²) in [5, 5.41) is 9.91. The number of halogens is 1. The predicted octanol–water partition coefficient (Wildman–Crippen LogP) is 1.52. The number of nitrogens with zero attached hydrogens (tertiary/aromatic N) is 2. The van der Waals surface area contributed by atoms with Crippen molar-refractivity contribution in [2.45, 2.75) is 19.4 Å². The van der Waals surface area contributed by atoms with Crippen LogP contribution in [-0.2, 0) is 0 Å². The van der Waals surface area contributed by atoms with Crippen LogP contribution in [0.4, 0.5) is 11.5 Å². The Hall–Kier alpha value is -1.00. The van der Waals surface area contributed by atoms with Gasteiger partial charge in [-0.25, -0.2) is 4.98 Å². The molecule has 2 atom stereocenters. The van der Waals surface area contributed by atoms with Gasteiger partial charge in [0.15, 0.2) is 5.82 Å². The second-order valence-corrected chi connectivity index (χ2v) is 4.71. The van der Waals surface area contributed by atoms with Crippen LogP contribution in [0.1, 0.15) is 13.3 Å². The lowest BCUT2D eigenvalue weighted by molar-refractivity contribution is 0.244. The fraction of sp³-hybridized carbons (Fsp3) is 0.545. The first-order valence-electron chi connectivity index (χ1n) is 5.42. The predicted molar refractivity (Wildman–Crippen MR) is 65.7 cm³/mol. The quantitative estimate of drug-likeness (QED) is 0.824. The van der Waals surface area contributed by atoms with Gasteiger partial charge in [0.05, 0.1) is 23.4 Å². The Bertz CT molecular complexity index is 385. The van der Waals surface area contributed by atoms with Gasteiger partial charge >= 0.3 is 0 Å². The molecule has 88 valence electrons. The van der Waals surface area contributed by atoms with E-state index in [2.05, 4.69) is 16.8 Å². The van der Waals surface area contributed by atoms with Gasteiger partial charge in [-0.1, -0.05) is 18.5 Å². The summed E-state index contributed by atoms with van der Waals surface area (Å²) < 4.78 is 0. The van der Waals surface area contributed by atoms with Crippen molar-refractivity contribution in [1.29, 1.82) is 0 Å². The summed E-state index contributed by atoms with van der Waals surface area (Å²) in [5.74, 6) is 1.19. The number of aliphatic hydroxyl groups excluding tert-OH is 1. The zero-order valence-corrected chi connectivity index (χ0v) is 9.98. The lowest BCUT2D eigenvalue weighted by Gasteiger charge is -2.27. The average molecular weight is 242 g/mol. The lowest BCUT2D eigenvalue weighted by atomic mass is 10.0. The molecular weight excluding hydrogens is 226 g/mol. The van der Waals surface area contributed by atoms with Crippen molar-refractivity contribution in [3.63, 3.8) is 0 Å². The Kier molecular flexibility index (Phi) is 3.21. The van der Waals surface area contributed by atoms with E-state index in [1.165, 1.54) is 0 Å². The molecule has 2 unspecified atom stereocenters. The number of nitrogen functional groups attached to an aromatic ring is 1. The molecule has 5 heteroatoms. The van der Waals surface area contributed by atoms with E-state index in [9.17, 15) is 5.11 Å². The van der Waals surface area contributed by atoms with Crippen molar-refractivity contribution in [3.8, 4) is 0 Å². The Labute approximate surface area is 100 Å². The smallest absolute Gasteiger partial charge is 0.152 e. The van der Waals surface area contributed by atoms with E-state index in [-0.39, 0.29) is 12.6 Å². The van der Waals surface area contributed by atoms with E-state index in [0.29, 0.717) is 16.6 Å². The molecule has 0 saturated carbocycles. The molecule has 1 aromatic heterocycles. The Balaban J connectivity index is 2.30. The molecule has 0 amide bonds. The summed E-state index contributed by atoms with van der Waals surface area (Å²) in [6.45, 7) is 3.14. The standard InChI is InChI=1S/C11H16ClN3O/c1-7-2-3-15(10(7)6-16)11-9(13)4-8(12)5-14-11/h4-5,7,10,16H,2-3,6,13H2,1H3. The number of hydrogen-bond donors (Lipinski definition) is 2. The number of pyridine rings is 1. The largest absolute Gasteiger partial charge is 0.396 e. The summed E-state index contributed by atoms with van der Waals surface area (Å²) in [4.78, 5) is 6.32. The minimum Gasteiger partial charge on any atom is -0.396 e. The topological polar surface area (TPSA) is 62.4 Å². The van der Waals surface area contributed by atoms with Crippen molar-refractivity contribution in [2.24, 2.45) is 5.92 Å². The van der Waals surface area contributed by atoms with Crippen molar-refractivity contribution < 1.29 is 5.11 Å². The molecule has 0 radical (unpaired) electrons. The third-order valence-electron chi connectivity index (χ3n) is 3.20. The van der Waals surface area contributed by atoms with Gasteiger partial charge in [0, 0.05) is 12.7 Å². The Morgan fingerprint density at radius 2 is 2.44 bits per heavy atom. The molecule has 1 aliphatic rings. The fourth-order valence-electron chi connectivity index (χ4n) is 2.24. The molecule has 0 spiro atoms. The second-order valence-electron chi connectivity index (χ2n) is 4.28. The third-order valence-corrected chi connectivity index (χ3v) is 3.41. The first-order chi connectivity index (χ1) is 7.63. The number of aromatic nitrogens is 1. The number of anilines is 2. The van der Waals surface area contributed by atoms with Crippen LogP contribution in [0.2, 0.25) is 5.02 Å². The summed E-state index contributed by atoms with van der Waals surface area (Å²) in [5.41, 5.74) is 6.46. The van der Waals surface area contributed by atoms with E-state index in [1.54, 1.807) is 12.3 Å². The van der Waals surface area contributed by atoms with Crippen molar-refractivity contribution in [3.05, 3.63) is 17.3 Å². The average Bonchev–Trinajstić information content (AvgIpc) is 2.59. The number of hydrogen-bond acceptors (Lipinski definition) is 4. The van der Waals surface area contributed by atoms with Crippen LogP contribution >= 0.6 is 11.6 Å². The Morgan fingerprint density at radius 3 is 3.06 bits per heavy atom. The SMILES string of the molecule is CC1CCN(c2ncc(Cl)cc2N)C1CO. The van der Waals surface area contributed by atoms with Gasteiger partial charge in [0.2, 0.25) is 0 Å². The van der Waals surface area contributed by atoms with E-state index >= 15 is 0 Å². The van der Waals surface area contributed by atoms with Crippen LogP contribution in [0.3, 0.4) is 0 Å². The van der Waals surface area contributed by atoms with E-state index < -0.39 is 0 Å². The maximum absolute atomic E-state index is 9.38. The van der Waals surface area contributed by atoms with Crippen molar-refractivity contribution in [2.75, 3.05) is 23.8 Å². The summed E-state index contributed by atoms with van der Waals surface area (Å²) >= 11 is 5.81. The minimum absolute atomic E-state index is 0.107. The molecule has 0 aliphatic carbocycles. The highest BCUT2D eigenvalue weighted by Gasteiger charge is 2.32. The summed E-state index contributed by atoms with van der Waals surface area (Å²) in [7, 11) is 0. The van der Waals surface area contributed by atoms with Crippen LogP contribution < -0.4 is 10.6 Å². The number of aliphatic hydroxyl groups is 1. The zero-order chi connectivity index (χ0) is 11.7. The summed E-state index contributed by atoms with van der Waals surface area (Å²) in [6, 6.07) is 1.80. The number of rotatable bonds is 2. The summed E-state index contributed by atoms with van der Waals surface area (Å²) in [6.07, 6.45) is 2.64. The van der Waals surface area contributed by atoms with Crippen LogP contribution in [0, 0.1) is 5.92 Å². The maximum atomic E-state index is 9.38. The van der Waals surface area contributed by atoms with Crippen molar-refractivity contribution >= 4 is 23.1 Å². The molecular formula is C11H16ClN3O. The van der Waals surface area contributed by atoms with Gasteiger partial charge in [-0.05, 0) is 18.4 Å². The molecule has 0 bridgehead atoms. The van der Waals surface area contributed by atoms with Crippen molar-refractivity contribution in [1.82, 2.24) is 4.98 Å². The van der Waals surface area contributed by atoms with Gasteiger partial charge in [0.25, 0.3) is 0 Å². The molecule has 1 saturated heterocycles. The molecule has 1 aromatic rings. The van der Waals surface area contributed by atoms with Gasteiger partial charge in [-0.15, -0.1) is 0 Å². The van der Waals surface area contributed by atoms with E-state index in [4.69, 9.17) is 17.3 Å². The van der Waals surface area contributed by atoms with Gasteiger partial charge < -0.3 is 15.7 Å². The normalized spacial score (nSPS) is 25.1. The molecule has 2 heterocycles.